The molecule has 3 nitrogen and oxygen atoms in total. The molecule has 0 radical (unpaired) electrons. The van der Waals surface area contributed by atoms with Crippen LogP contribution in [0.4, 0.5) is 5.69 Å². The van der Waals surface area contributed by atoms with Crippen LogP contribution < -0.4 is 5.32 Å². The Bertz CT molecular complexity index is 334. The zero-order valence-corrected chi connectivity index (χ0v) is 8.76. The predicted octanol–water partition coefficient (Wildman–Crippen LogP) is 1.89. The molecule has 1 rings (SSSR count). The van der Waals surface area contributed by atoms with Crippen LogP contribution in [0.2, 0.25) is 0 Å². The molecule has 1 amide bonds. The van der Waals surface area contributed by atoms with Gasteiger partial charge in [0.1, 0.15) is 6.61 Å². The van der Waals surface area contributed by atoms with E-state index >= 15 is 0 Å². The molecule has 1 N–H and O–H groups in total. The number of carbonyl (C=O) groups excluding carboxylic acids is 1. The molecule has 1 aromatic rings. The lowest BCUT2D eigenvalue weighted by atomic mass is 10.1. The van der Waals surface area contributed by atoms with Gasteiger partial charge in [-0.3, -0.25) is 4.79 Å². The van der Waals surface area contributed by atoms with E-state index in [4.69, 9.17) is 4.74 Å². The van der Waals surface area contributed by atoms with Gasteiger partial charge in [-0.25, -0.2) is 0 Å². The Hall–Kier alpha value is -1.35. The minimum absolute atomic E-state index is 0.0907. The largest absolute Gasteiger partial charge is 0.375 e. The third kappa shape index (κ3) is 2.57. The minimum atomic E-state index is -0.124. The van der Waals surface area contributed by atoms with Gasteiger partial charge >= 0.3 is 0 Å². The lowest BCUT2D eigenvalue weighted by Crippen LogP contribution is -2.17. The summed E-state index contributed by atoms with van der Waals surface area (Å²) in [6.45, 7) is 4.09. The topological polar surface area (TPSA) is 38.3 Å². The van der Waals surface area contributed by atoms with Gasteiger partial charge in [0, 0.05) is 12.8 Å². The second-order valence-electron chi connectivity index (χ2n) is 3.23. The van der Waals surface area contributed by atoms with Crippen molar-refractivity contribution in [2.45, 2.75) is 13.8 Å². The van der Waals surface area contributed by atoms with E-state index in [1.807, 2.05) is 32.0 Å². The molecule has 0 aromatic heterocycles. The number of aryl methyl sites for hydroxylation is 1. The van der Waals surface area contributed by atoms with Gasteiger partial charge in [0.15, 0.2) is 0 Å². The number of rotatable bonds is 3. The maximum atomic E-state index is 11.2. The predicted molar refractivity (Wildman–Crippen MR) is 56.4 cm³/mol. The lowest BCUT2D eigenvalue weighted by molar-refractivity contribution is -0.119. The van der Waals surface area contributed by atoms with E-state index in [0.29, 0.717) is 0 Å². The van der Waals surface area contributed by atoms with E-state index in [1.54, 1.807) is 0 Å². The smallest absolute Gasteiger partial charge is 0.250 e. The van der Waals surface area contributed by atoms with Crippen LogP contribution in [0.1, 0.15) is 11.1 Å². The molecule has 3 heteroatoms. The quantitative estimate of drug-likeness (QED) is 0.796. The molecule has 0 aliphatic heterocycles. The molecule has 0 heterocycles. The SMILES string of the molecule is COCC(=O)Nc1cccc(C)c1C. The summed E-state index contributed by atoms with van der Waals surface area (Å²) in [5.74, 6) is -0.124. The fourth-order valence-electron chi connectivity index (χ4n) is 1.20. The Balaban J connectivity index is 2.76. The van der Waals surface area contributed by atoms with E-state index in [-0.39, 0.29) is 12.5 Å². The highest BCUT2D eigenvalue weighted by Gasteiger charge is 2.04. The Labute approximate surface area is 84.1 Å². The summed E-state index contributed by atoms with van der Waals surface area (Å²) in [7, 11) is 1.50. The van der Waals surface area contributed by atoms with Crippen molar-refractivity contribution < 1.29 is 9.53 Å². The molecule has 0 bridgehead atoms. The Morgan fingerprint density at radius 2 is 2.14 bits per heavy atom. The molecule has 0 atom stereocenters. The van der Waals surface area contributed by atoms with Gasteiger partial charge in [0.2, 0.25) is 5.91 Å². The fraction of sp³-hybridized carbons (Fsp3) is 0.364. The molecule has 0 saturated carbocycles. The van der Waals surface area contributed by atoms with Crippen LogP contribution in [-0.4, -0.2) is 19.6 Å². The van der Waals surface area contributed by atoms with Gasteiger partial charge in [0.25, 0.3) is 0 Å². The van der Waals surface area contributed by atoms with Crippen molar-refractivity contribution in [1.82, 2.24) is 0 Å². The fourth-order valence-corrected chi connectivity index (χ4v) is 1.20. The van der Waals surface area contributed by atoms with Gasteiger partial charge < -0.3 is 10.1 Å². The molecular formula is C11H15NO2. The van der Waals surface area contributed by atoms with Crippen LogP contribution in [0.3, 0.4) is 0 Å². The highest BCUT2D eigenvalue weighted by Crippen LogP contribution is 2.17. The summed E-state index contributed by atoms with van der Waals surface area (Å²) in [5.41, 5.74) is 3.12. The number of anilines is 1. The first kappa shape index (κ1) is 10.7. The Morgan fingerprint density at radius 3 is 2.79 bits per heavy atom. The highest BCUT2D eigenvalue weighted by atomic mass is 16.5. The summed E-state index contributed by atoms with van der Waals surface area (Å²) in [4.78, 5) is 11.2. The number of carbonyl (C=O) groups is 1. The lowest BCUT2D eigenvalue weighted by Gasteiger charge is -2.09. The summed E-state index contributed by atoms with van der Waals surface area (Å²) in [5, 5.41) is 2.79. The second-order valence-corrected chi connectivity index (χ2v) is 3.23. The summed E-state index contributed by atoms with van der Waals surface area (Å²) < 4.78 is 4.73. The van der Waals surface area contributed by atoms with Gasteiger partial charge in [0.05, 0.1) is 0 Å². The van der Waals surface area contributed by atoms with Crippen molar-refractivity contribution in [3.05, 3.63) is 29.3 Å². The van der Waals surface area contributed by atoms with Crippen LogP contribution in [0, 0.1) is 13.8 Å². The zero-order chi connectivity index (χ0) is 10.6. The first-order chi connectivity index (χ1) is 6.65. The van der Waals surface area contributed by atoms with E-state index in [2.05, 4.69) is 5.32 Å². The van der Waals surface area contributed by atoms with Crippen molar-refractivity contribution >= 4 is 11.6 Å². The van der Waals surface area contributed by atoms with Gasteiger partial charge in [-0.05, 0) is 31.0 Å². The molecule has 0 aliphatic rings. The van der Waals surface area contributed by atoms with Crippen LogP contribution in [0.5, 0.6) is 0 Å². The van der Waals surface area contributed by atoms with Gasteiger partial charge in [-0.1, -0.05) is 12.1 Å². The molecule has 14 heavy (non-hydrogen) atoms. The van der Waals surface area contributed by atoms with Crippen LogP contribution >= 0.6 is 0 Å². The van der Waals surface area contributed by atoms with Crippen molar-refractivity contribution in [3.63, 3.8) is 0 Å². The molecule has 0 spiro atoms. The van der Waals surface area contributed by atoms with Crippen LogP contribution in [0.25, 0.3) is 0 Å². The second kappa shape index (κ2) is 4.77. The number of methoxy groups -OCH3 is 1. The first-order valence-corrected chi connectivity index (χ1v) is 4.50. The summed E-state index contributed by atoms with van der Waals surface area (Å²) in [6, 6.07) is 5.82. The van der Waals surface area contributed by atoms with Crippen LogP contribution in [-0.2, 0) is 9.53 Å². The van der Waals surface area contributed by atoms with Gasteiger partial charge in [-0.2, -0.15) is 0 Å². The van der Waals surface area contributed by atoms with E-state index in [9.17, 15) is 4.79 Å². The minimum Gasteiger partial charge on any atom is -0.375 e. The maximum Gasteiger partial charge on any atom is 0.250 e. The average Bonchev–Trinajstić information content (AvgIpc) is 2.13. The Kier molecular flexibility index (Phi) is 3.65. The number of hydrogen-bond acceptors (Lipinski definition) is 2. The normalized spacial score (nSPS) is 9.93. The van der Waals surface area contributed by atoms with E-state index in [0.717, 1.165) is 11.3 Å². The molecule has 0 unspecified atom stereocenters. The van der Waals surface area contributed by atoms with Crippen molar-refractivity contribution in [1.29, 1.82) is 0 Å². The monoisotopic (exact) mass is 193 g/mol. The standard InChI is InChI=1S/C11H15NO2/c1-8-5-4-6-10(9(8)2)12-11(13)7-14-3/h4-6H,7H2,1-3H3,(H,12,13). The Morgan fingerprint density at radius 1 is 1.43 bits per heavy atom. The molecule has 0 aliphatic carbocycles. The molecule has 0 saturated heterocycles. The molecule has 76 valence electrons. The third-order valence-corrected chi connectivity index (χ3v) is 2.15. The number of nitrogens with one attached hydrogen (secondary N) is 1. The van der Waals surface area contributed by atoms with Gasteiger partial charge in [-0.15, -0.1) is 0 Å². The molecular weight excluding hydrogens is 178 g/mol. The zero-order valence-electron chi connectivity index (χ0n) is 8.76. The van der Waals surface area contributed by atoms with Crippen molar-refractivity contribution in [2.75, 3.05) is 19.0 Å². The number of hydrogen-bond donors (Lipinski definition) is 1. The maximum absolute atomic E-state index is 11.2. The average molecular weight is 193 g/mol. The number of benzene rings is 1. The number of ether oxygens (including phenoxy) is 1. The first-order valence-electron chi connectivity index (χ1n) is 4.50. The van der Waals surface area contributed by atoms with E-state index < -0.39 is 0 Å². The summed E-state index contributed by atoms with van der Waals surface area (Å²) >= 11 is 0. The number of amides is 1. The van der Waals surface area contributed by atoms with Crippen LogP contribution in [0.15, 0.2) is 18.2 Å². The molecule has 0 fully saturated rings. The summed E-state index contributed by atoms with van der Waals surface area (Å²) in [6.07, 6.45) is 0. The third-order valence-electron chi connectivity index (χ3n) is 2.15. The highest BCUT2D eigenvalue weighted by molar-refractivity contribution is 5.92. The van der Waals surface area contributed by atoms with Crippen molar-refractivity contribution in [3.8, 4) is 0 Å². The molecule has 1 aromatic carbocycles. The van der Waals surface area contributed by atoms with Crippen molar-refractivity contribution in [2.24, 2.45) is 0 Å². The van der Waals surface area contributed by atoms with E-state index in [1.165, 1.54) is 12.7 Å².